The topological polar surface area (TPSA) is 119 Å². The number of likely N-dealkylation sites (tertiary alicyclic amines) is 1. The molecule has 0 aliphatic carbocycles. The second kappa shape index (κ2) is 10.6. The maximum absolute atomic E-state index is 12.0. The molecule has 3 aromatic rings. The zero-order valence-electron chi connectivity index (χ0n) is 20.1. The zero-order chi connectivity index (χ0) is 24.1. The Bertz CT molecular complexity index is 1190. The van der Waals surface area contributed by atoms with E-state index < -0.39 is 0 Å². The number of carbonyl (C=O) groups excluding carboxylic acids is 1. The Hall–Kier alpha value is -3.53. The third kappa shape index (κ3) is 4.86. The lowest BCUT2D eigenvalue weighted by Crippen LogP contribution is -2.38. The molecule has 0 spiro atoms. The Balaban J connectivity index is 1.51. The fourth-order valence-corrected chi connectivity index (χ4v) is 4.27. The largest absolute Gasteiger partial charge is 0.404 e. The summed E-state index contributed by atoms with van der Waals surface area (Å²) in [5, 5.41) is 12.3. The van der Waals surface area contributed by atoms with Gasteiger partial charge in [0.25, 0.3) is 0 Å². The quantitative estimate of drug-likeness (QED) is 0.351. The Labute approximate surface area is 199 Å². The third-order valence-corrected chi connectivity index (χ3v) is 6.35. The van der Waals surface area contributed by atoms with Crippen LogP contribution >= 0.6 is 0 Å². The number of fused-ring (bicyclic) bond motifs is 1. The van der Waals surface area contributed by atoms with Crippen molar-refractivity contribution < 1.29 is 4.79 Å². The number of likely N-dealkylation sites (N-methyl/N-ethyl adjacent to an activating group) is 1. The lowest BCUT2D eigenvalue weighted by Gasteiger charge is -2.12. The average Bonchev–Trinajstić information content (AvgIpc) is 3.59. The zero-order valence-corrected chi connectivity index (χ0v) is 20.1. The van der Waals surface area contributed by atoms with E-state index in [-0.39, 0.29) is 11.9 Å². The predicted octanol–water partition coefficient (Wildman–Crippen LogP) is 2.14. The van der Waals surface area contributed by atoms with Crippen molar-refractivity contribution in [1.82, 2.24) is 34.6 Å². The molecule has 1 aliphatic rings. The maximum Gasteiger partial charge on any atom is 0.239 e. The van der Waals surface area contributed by atoms with E-state index in [4.69, 9.17) is 10.7 Å². The number of aromatic nitrogens is 5. The fourth-order valence-electron chi connectivity index (χ4n) is 4.27. The van der Waals surface area contributed by atoms with E-state index in [1.54, 1.807) is 21.8 Å². The molecule has 4 rings (SSSR count). The van der Waals surface area contributed by atoms with Crippen molar-refractivity contribution >= 4 is 23.2 Å². The van der Waals surface area contributed by atoms with Crippen LogP contribution in [0.5, 0.6) is 0 Å². The number of aliphatic imine (C=N–C) groups is 1. The van der Waals surface area contributed by atoms with Gasteiger partial charge in [0.15, 0.2) is 0 Å². The van der Waals surface area contributed by atoms with Crippen LogP contribution in [0.15, 0.2) is 42.0 Å². The summed E-state index contributed by atoms with van der Waals surface area (Å²) in [5.41, 5.74) is 9.94. The van der Waals surface area contributed by atoms with Crippen LogP contribution in [0.1, 0.15) is 44.8 Å². The van der Waals surface area contributed by atoms with Gasteiger partial charge in [0.2, 0.25) is 5.91 Å². The predicted molar refractivity (Wildman–Crippen MR) is 133 cm³/mol. The molecule has 180 valence electrons. The van der Waals surface area contributed by atoms with Crippen LogP contribution in [0.25, 0.3) is 22.3 Å². The Morgan fingerprint density at radius 3 is 2.85 bits per heavy atom. The van der Waals surface area contributed by atoms with Crippen LogP contribution in [0.3, 0.4) is 0 Å². The number of hydrogen-bond acceptors (Lipinski definition) is 7. The summed E-state index contributed by atoms with van der Waals surface area (Å²) in [5.74, 6) is 0.142. The molecule has 0 aromatic carbocycles. The highest BCUT2D eigenvalue weighted by atomic mass is 16.2. The van der Waals surface area contributed by atoms with Gasteiger partial charge in [0, 0.05) is 49.9 Å². The molecule has 1 saturated heterocycles. The van der Waals surface area contributed by atoms with Crippen LogP contribution in [-0.2, 0) is 4.79 Å². The molecular formula is C24H33N9O. The maximum atomic E-state index is 12.0. The molecule has 0 bridgehead atoms. The summed E-state index contributed by atoms with van der Waals surface area (Å²) in [6.07, 6.45) is 13.6. The summed E-state index contributed by atoms with van der Waals surface area (Å²) in [6.45, 7) is 6.27. The molecule has 34 heavy (non-hydrogen) atoms. The number of hydrogen-bond donors (Lipinski definition) is 2. The van der Waals surface area contributed by atoms with Gasteiger partial charge in [-0.15, -0.1) is 0 Å². The molecule has 3 N–H and O–H groups in total. The molecule has 1 fully saturated rings. The first kappa shape index (κ1) is 23.6. The summed E-state index contributed by atoms with van der Waals surface area (Å²) < 4.78 is 3.81. The van der Waals surface area contributed by atoms with Crippen LogP contribution in [0.4, 0.5) is 0 Å². The normalized spacial score (nSPS) is 17.2. The molecule has 4 heterocycles. The van der Waals surface area contributed by atoms with E-state index in [1.807, 2.05) is 36.4 Å². The van der Waals surface area contributed by atoms with Crippen LogP contribution in [-0.4, -0.2) is 74.1 Å². The summed E-state index contributed by atoms with van der Waals surface area (Å²) in [7, 11) is 1.83. The van der Waals surface area contributed by atoms with Crippen molar-refractivity contribution in [2.75, 3.05) is 26.7 Å². The third-order valence-electron chi connectivity index (χ3n) is 6.35. The number of nitrogens with two attached hydrogens (primary N) is 1. The molecule has 3 aromatic heterocycles. The highest BCUT2D eigenvalue weighted by molar-refractivity contribution is 6.09. The van der Waals surface area contributed by atoms with Gasteiger partial charge in [-0.3, -0.25) is 14.5 Å². The van der Waals surface area contributed by atoms with Crippen molar-refractivity contribution in [2.45, 2.75) is 45.2 Å². The molecular weight excluding hydrogens is 430 g/mol. The average molecular weight is 464 g/mol. The molecule has 1 atom stereocenters. The highest BCUT2D eigenvalue weighted by Gasteiger charge is 2.27. The Kier molecular flexibility index (Phi) is 7.36. The molecule has 10 heteroatoms. The van der Waals surface area contributed by atoms with Crippen molar-refractivity contribution in [3.05, 3.63) is 42.7 Å². The number of nitrogens with zero attached hydrogens (tertiary/aromatic N) is 7. The van der Waals surface area contributed by atoms with Gasteiger partial charge in [0.05, 0.1) is 54.1 Å². The number of amides is 1. The first-order chi connectivity index (χ1) is 16.5. The number of carbonyl (C=O) groups is 1. The van der Waals surface area contributed by atoms with Gasteiger partial charge in [-0.1, -0.05) is 13.8 Å². The van der Waals surface area contributed by atoms with Crippen LogP contribution < -0.4 is 11.1 Å². The van der Waals surface area contributed by atoms with Crippen molar-refractivity contribution in [1.29, 1.82) is 0 Å². The highest BCUT2D eigenvalue weighted by Crippen LogP contribution is 2.26. The lowest BCUT2D eigenvalue weighted by atomic mass is 10.1. The van der Waals surface area contributed by atoms with Gasteiger partial charge in [-0.2, -0.15) is 10.2 Å². The van der Waals surface area contributed by atoms with E-state index in [0.717, 1.165) is 42.6 Å². The summed E-state index contributed by atoms with van der Waals surface area (Å²) in [6, 6.07) is 2.18. The van der Waals surface area contributed by atoms with Gasteiger partial charge < -0.3 is 16.0 Å². The molecule has 0 radical (unpaired) electrons. The summed E-state index contributed by atoms with van der Waals surface area (Å²) in [4.78, 5) is 23.1. The number of allylic oxidation sites excluding steroid dienone is 1. The van der Waals surface area contributed by atoms with Gasteiger partial charge in [-0.25, -0.2) is 9.50 Å². The summed E-state index contributed by atoms with van der Waals surface area (Å²) >= 11 is 0. The lowest BCUT2D eigenvalue weighted by molar-refractivity contribution is -0.128. The first-order valence-electron chi connectivity index (χ1n) is 11.8. The van der Waals surface area contributed by atoms with Gasteiger partial charge in [0.1, 0.15) is 0 Å². The minimum Gasteiger partial charge on any atom is -0.404 e. The smallest absolute Gasteiger partial charge is 0.239 e. The van der Waals surface area contributed by atoms with Gasteiger partial charge in [-0.05, 0) is 25.3 Å². The van der Waals surface area contributed by atoms with E-state index in [1.165, 1.54) is 6.20 Å². The second-order valence-corrected chi connectivity index (χ2v) is 8.53. The Morgan fingerprint density at radius 2 is 2.15 bits per heavy atom. The van der Waals surface area contributed by atoms with Gasteiger partial charge >= 0.3 is 0 Å². The molecule has 0 unspecified atom stereocenters. The molecule has 10 nitrogen and oxygen atoms in total. The van der Waals surface area contributed by atoms with E-state index >= 15 is 0 Å². The standard InChI is InChI=1S/C24H33N9O/c1-4-19(5-2)32-15-18(14-29-32)23-22-6-8-28-33(22)16-21(30-23)17(12-25)13-26-9-10-27-20-7-11-31(3)24(20)34/h6,8,12-16,19-20,27H,4-5,7,9-11,25H2,1-3H3/t20-/m1/s1. The molecule has 1 aliphatic heterocycles. The van der Waals surface area contributed by atoms with Crippen molar-refractivity contribution in [3.63, 3.8) is 0 Å². The second-order valence-electron chi connectivity index (χ2n) is 8.53. The van der Waals surface area contributed by atoms with E-state index in [2.05, 4.69) is 34.4 Å². The number of nitrogens with one attached hydrogen (secondary N) is 1. The monoisotopic (exact) mass is 463 g/mol. The first-order valence-corrected chi connectivity index (χ1v) is 11.8. The number of rotatable bonds is 10. The van der Waals surface area contributed by atoms with Crippen molar-refractivity contribution in [3.8, 4) is 11.3 Å². The SMILES string of the molecule is CCC(CC)n1cc(-c2nc(C(C=NCCN[C@@H]3CCN(C)C3=O)=CN)cn3nccc23)cn1. The Morgan fingerprint density at radius 1 is 1.32 bits per heavy atom. The van der Waals surface area contributed by atoms with E-state index in [9.17, 15) is 4.79 Å². The minimum atomic E-state index is -0.114. The van der Waals surface area contributed by atoms with E-state index in [0.29, 0.717) is 30.4 Å². The van der Waals surface area contributed by atoms with Crippen molar-refractivity contribution in [2.24, 2.45) is 10.7 Å². The van der Waals surface area contributed by atoms with Crippen LogP contribution in [0.2, 0.25) is 0 Å². The van der Waals surface area contributed by atoms with Crippen LogP contribution in [0, 0.1) is 0 Å². The molecule has 0 saturated carbocycles. The fraction of sp³-hybridized carbons (Fsp3) is 0.458. The minimum absolute atomic E-state index is 0.114. The molecule has 1 amide bonds.